The third-order valence-corrected chi connectivity index (χ3v) is 6.47. The van der Waals surface area contributed by atoms with Crippen LogP contribution in [-0.4, -0.2) is 27.1 Å². The fraction of sp³-hybridized carbons (Fsp3) is 0.185. The summed E-state index contributed by atoms with van der Waals surface area (Å²) in [6, 6.07) is 17.6. The van der Waals surface area contributed by atoms with Gasteiger partial charge in [0.1, 0.15) is 6.10 Å². The summed E-state index contributed by atoms with van der Waals surface area (Å²) in [5.74, 6) is -0.214. The predicted octanol–water partition coefficient (Wildman–Crippen LogP) is 4.99. The molecule has 1 fully saturated rings. The van der Waals surface area contributed by atoms with Crippen molar-refractivity contribution in [1.82, 2.24) is 20.3 Å². The second-order valence-electron chi connectivity index (χ2n) is 8.88. The number of benzene rings is 2. The van der Waals surface area contributed by atoms with E-state index in [0.29, 0.717) is 6.42 Å². The van der Waals surface area contributed by atoms with E-state index in [0.717, 1.165) is 41.5 Å². The van der Waals surface area contributed by atoms with Crippen LogP contribution in [0.1, 0.15) is 28.3 Å². The standard InChI is InChI=1S/C27H23FN6O2/c28-22-15-30-26(32-20-8-5-18-13-23-24(21(18)14-20)33-27(35)36-23)34-25(22)31-19-6-3-16(4-7-19)1-2-17-9-11-29-12-10-17/h3-12,14-15,23-24H,1-2,13H2,(H,33,35)(H2,30,31,32,34)/t23?,24-/m0/s1. The van der Waals surface area contributed by atoms with E-state index in [-0.39, 0.29) is 23.9 Å². The molecule has 2 aromatic carbocycles. The van der Waals surface area contributed by atoms with E-state index in [2.05, 4.69) is 30.9 Å². The van der Waals surface area contributed by atoms with Gasteiger partial charge in [0.2, 0.25) is 5.95 Å². The normalized spacial score (nSPS) is 17.6. The first-order valence-corrected chi connectivity index (χ1v) is 11.8. The van der Waals surface area contributed by atoms with Gasteiger partial charge in [-0.3, -0.25) is 4.98 Å². The first kappa shape index (κ1) is 22.0. The largest absolute Gasteiger partial charge is 0.443 e. The number of ether oxygens (including phenoxy) is 1. The second kappa shape index (κ2) is 9.26. The van der Waals surface area contributed by atoms with Gasteiger partial charge in [0.15, 0.2) is 11.6 Å². The van der Waals surface area contributed by atoms with Crippen LogP contribution in [0.5, 0.6) is 0 Å². The molecule has 1 aliphatic heterocycles. The number of hydrogen-bond acceptors (Lipinski definition) is 7. The van der Waals surface area contributed by atoms with Crippen molar-refractivity contribution in [3.8, 4) is 0 Å². The molecule has 0 bridgehead atoms. The number of anilines is 4. The van der Waals surface area contributed by atoms with Crippen LogP contribution < -0.4 is 16.0 Å². The number of carbonyl (C=O) groups is 1. The van der Waals surface area contributed by atoms with Crippen LogP contribution in [0.3, 0.4) is 0 Å². The monoisotopic (exact) mass is 482 g/mol. The molecule has 6 rings (SSSR count). The van der Waals surface area contributed by atoms with E-state index in [1.54, 1.807) is 12.4 Å². The van der Waals surface area contributed by atoms with Gasteiger partial charge in [0.05, 0.1) is 12.2 Å². The van der Waals surface area contributed by atoms with Crippen LogP contribution >= 0.6 is 0 Å². The molecule has 1 aliphatic carbocycles. The van der Waals surface area contributed by atoms with Crippen molar-refractivity contribution in [2.75, 3.05) is 10.6 Å². The molecule has 0 spiro atoms. The van der Waals surface area contributed by atoms with Gasteiger partial charge in [-0.1, -0.05) is 18.2 Å². The van der Waals surface area contributed by atoms with Gasteiger partial charge in [0, 0.05) is 30.2 Å². The van der Waals surface area contributed by atoms with E-state index < -0.39 is 11.9 Å². The highest BCUT2D eigenvalue weighted by Crippen LogP contribution is 2.38. The fourth-order valence-corrected chi connectivity index (χ4v) is 4.64. The first-order valence-electron chi connectivity index (χ1n) is 11.8. The molecule has 9 heteroatoms. The topological polar surface area (TPSA) is 101 Å². The lowest BCUT2D eigenvalue weighted by atomic mass is 10.1. The number of aromatic nitrogens is 3. The summed E-state index contributed by atoms with van der Waals surface area (Å²) in [5, 5.41) is 9.02. The van der Waals surface area contributed by atoms with Gasteiger partial charge in [-0.05, 0) is 71.5 Å². The Bertz CT molecular complexity index is 1410. The summed E-state index contributed by atoms with van der Waals surface area (Å²) in [5.41, 5.74) is 6.02. The number of alkyl carbamates (subject to hydrolysis) is 1. The highest BCUT2D eigenvalue weighted by molar-refractivity contribution is 5.72. The van der Waals surface area contributed by atoms with Gasteiger partial charge in [-0.15, -0.1) is 0 Å². The number of halogens is 1. The van der Waals surface area contributed by atoms with Gasteiger partial charge in [0.25, 0.3) is 0 Å². The van der Waals surface area contributed by atoms with Crippen LogP contribution in [0.4, 0.5) is 32.3 Å². The summed E-state index contributed by atoms with van der Waals surface area (Å²) in [4.78, 5) is 24.0. The summed E-state index contributed by atoms with van der Waals surface area (Å²) >= 11 is 0. The highest BCUT2D eigenvalue weighted by atomic mass is 19.1. The summed E-state index contributed by atoms with van der Waals surface area (Å²) in [7, 11) is 0. The average Bonchev–Trinajstić information content (AvgIpc) is 3.42. The predicted molar refractivity (Wildman–Crippen MR) is 133 cm³/mol. The Balaban J connectivity index is 1.13. The Morgan fingerprint density at radius 1 is 0.972 bits per heavy atom. The number of pyridine rings is 1. The van der Waals surface area contributed by atoms with Gasteiger partial charge in [-0.25, -0.2) is 14.2 Å². The number of nitrogens with zero attached hydrogens (tertiary/aromatic N) is 3. The Kier molecular flexibility index (Phi) is 5.65. The zero-order chi connectivity index (χ0) is 24.5. The van der Waals surface area contributed by atoms with Crippen LogP contribution in [0, 0.1) is 5.82 Å². The molecule has 1 unspecified atom stereocenters. The minimum Gasteiger partial charge on any atom is -0.443 e. The molecule has 4 aromatic rings. The zero-order valence-electron chi connectivity index (χ0n) is 19.2. The molecule has 1 amide bonds. The minimum atomic E-state index is -0.551. The molecule has 0 saturated carbocycles. The minimum absolute atomic E-state index is 0.0784. The Labute approximate surface area is 207 Å². The van der Waals surface area contributed by atoms with Crippen molar-refractivity contribution in [3.63, 3.8) is 0 Å². The number of aryl methyl sites for hydroxylation is 2. The lowest BCUT2D eigenvalue weighted by Gasteiger charge is -2.12. The van der Waals surface area contributed by atoms with E-state index in [1.807, 2.05) is 54.6 Å². The zero-order valence-corrected chi connectivity index (χ0v) is 19.2. The number of fused-ring (bicyclic) bond motifs is 3. The number of carbonyl (C=O) groups excluding carboxylic acids is 1. The quantitative estimate of drug-likeness (QED) is 0.341. The van der Waals surface area contributed by atoms with Crippen molar-refractivity contribution >= 4 is 29.2 Å². The summed E-state index contributed by atoms with van der Waals surface area (Å²) in [6.45, 7) is 0. The highest BCUT2D eigenvalue weighted by Gasteiger charge is 2.41. The summed E-state index contributed by atoms with van der Waals surface area (Å²) < 4.78 is 19.8. The van der Waals surface area contributed by atoms with Crippen molar-refractivity contribution in [3.05, 3.63) is 101 Å². The van der Waals surface area contributed by atoms with Crippen molar-refractivity contribution < 1.29 is 13.9 Å². The maximum Gasteiger partial charge on any atom is 0.408 e. The van der Waals surface area contributed by atoms with E-state index in [9.17, 15) is 9.18 Å². The molecule has 0 radical (unpaired) electrons. The van der Waals surface area contributed by atoms with Crippen LogP contribution in [0.15, 0.2) is 73.2 Å². The third-order valence-electron chi connectivity index (χ3n) is 6.47. The lowest BCUT2D eigenvalue weighted by Crippen LogP contribution is -2.18. The van der Waals surface area contributed by atoms with Crippen molar-refractivity contribution in [1.29, 1.82) is 0 Å². The molecular weight excluding hydrogens is 459 g/mol. The van der Waals surface area contributed by atoms with E-state index in [4.69, 9.17) is 4.74 Å². The van der Waals surface area contributed by atoms with Crippen LogP contribution in [0.25, 0.3) is 0 Å². The van der Waals surface area contributed by atoms with Gasteiger partial charge < -0.3 is 20.7 Å². The van der Waals surface area contributed by atoms with Gasteiger partial charge in [-0.2, -0.15) is 4.98 Å². The van der Waals surface area contributed by atoms with Gasteiger partial charge >= 0.3 is 6.09 Å². The molecule has 36 heavy (non-hydrogen) atoms. The molecule has 8 nitrogen and oxygen atoms in total. The molecular formula is C27H23FN6O2. The lowest BCUT2D eigenvalue weighted by molar-refractivity contribution is 0.136. The number of amides is 1. The molecule has 180 valence electrons. The Morgan fingerprint density at radius 2 is 1.72 bits per heavy atom. The third kappa shape index (κ3) is 4.55. The average molecular weight is 483 g/mol. The Morgan fingerprint density at radius 3 is 2.53 bits per heavy atom. The number of rotatable bonds is 7. The van der Waals surface area contributed by atoms with Crippen molar-refractivity contribution in [2.24, 2.45) is 0 Å². The molecule has 2 aromatic heterocycles. The van der Waals surface area contributed by atoms with E-state index >= 15 is 0 Å². The molecule has 3 heterocycles. The van der Waals surface area contributed by atoms with Crippen LogP contribution in [-0.2, 0) is 24.0 Å². The molecule has 1 saturated heterocycles. The smallest absolute Gasteiger partial charge is 0.408 e. The molecule has 3 N–H and O–H groups in total. The molecule has 2 atom stereocenters. The van der Waals surface area contributed by atoms with E-state index in [1.165, 1.54) is 11.1 Å². The molecule has 2 aliphatic rings. The SMILES string of the molecule is O=C1N[C@H]2c3cc(Nc4ncc(F)c(Nc5ccc(CCc6ccncc6)cc5)n4)ccc3CC2O1. The van der Waals surface area contributed by atoms with Crippen LogP contribution in [0.2, 0.25) is 0 Å². The Hall–Kier alpha value is -4.53. The second-order valence-corrected chi connectivity index (χ2v) is 8.88. The maximum absolute atomic E-state index is 14.5. The van der Waals surface area contributed by atoms with Crippen molar-refractivity contribution in [2.45, 2.75) is 31.4 Å². The summed E-state index contributed by atoms with van der Waals surface area (Å²) in [6.07, 6.45) is 6.66. The fourth-order valence-electron chi connectivity index (χ4n) is 4.64. The number of nitrogens with one attached hydrogen (secondary N) is 3. The first-order chi connectivity index (χ1) is 17.6. The number of hydrogen-bond donors (Lipinski definition) is 3. The maximum atomic E-state index is 14.5.